The maximum Gasteiger partial charge on any atom is 0.320 e. The van der Waals surface area contributed by atoms with Crippen LogP contribution in [0.25, 0.3) is 0 Å². The molecule has 1 aromatic heterocycles. The van der Waals surface area contributed by atoms with Crippen molar-refractivity contribution in [2.45, 2.75) is 65.0 Å². The molecule has 4 nitrogen and oxygen atoms in total. The van der Waals surface area contributed by atoms with Gasteiger partial charge in [-0.15, -0.1) is 11.3 Å². The minimum Gasteiger partial charge on any atom is -0.480 e. The molecule has 1 atom stereocenters. The van der Waals surface area contributed by atoms with Gasteiger partial charge in [-0.3, -0.25) is 10.1 Å². The number of carboxylic acid groups (broad SMARTS) is 1. The van der Waals surface area contributed by atoms with Crippen molar-refractivity contribution in [3.05, 3.63) is 16.1 Å². The molecule has 0 bridgehead atoms. The Hall–Kier alpha value is -0.940. The molecule has 0 amide bonds. The van der Waals surface area contributed by atoms with Crippen LogP contribution in [-0.2, 0) is 16.8 Å². The Bertz CT molecular complexity index is 410. The number of hydrogen-bond acceptors (Lipinski definition) is 4. The van der Waals surface area contributed by atoms with E-state index in [1.54, 1.807) is 11.3 Å². The smallest absolute Gasteiger partial charge is 0.320 e. The van der Waals surface area contributed by atoms with Crippen LogP contribution in [0.4, 0.5) is 0 Å². The first-order chi connectivity index (χ1) is 8.84. The Balaban J connectivity index is 2.54. The van der Waals surface area contributed by atoms with E-state index in [4.69, 9.17) is 5.11 Å². The summed E-state index contributed by atoms with van der Waals surface area (Å²) in [6.45, 7) is 8.97. The molecule has 0 saturated heterocycles. The van der Waals surface area contributed by atoms with E-state index >= 15 is 0 Å². The largest absolute Gasteiger partial charge is 0.480 e. The van der Waals surface area contributed by atoms with Crippen molar-refractivity contribution in [1.29, 1.82) is 0 Å². The number of hydrogen-bond donors (Lipinski definition) is 2. The molecule has 0 saturated carbocycles. The Morgan fingerprint density at radius 2 is 2.21 bits per heavy atom. The van der Waals surface area contributed by atoms with Crippen LogP contribution in [0, 0.1) is 0 Å². The third-order valence-corrected chi connectivity index (χ3v) is 4.18. The monoisotopic (exact) mass is 284 g/mol. The third kappa shape index (κ3) is 5.28. The van der Waals surface area contributed by atoms with E-state index < -0.39 is 12.0 Å². The highest BCUT2D eigenvalue weighted by molar-refractivity contribution is 7.09. The molecule has 0 aliphatic carbocycles. The first-order valence-electron chi connectivity index (χ1n) is 6.75. The second kappa shape index (κ2) is 7.01. The van der Waals surface area contributed by atoms with Gasteiger partial charge in [-0.25, -0.2) is 4.98 Å². The minimum atomic E-state index is -0.778. The lowest BCUT2D eigenvalue weighted by molar-refractivity contribution is -0.139. The Morgan fingerprint density at radius 3 is 2.68 bits per heavy atom. The molecule has 0 aromatic carbocycles. The second-order valence-corrected chi connectivity index (χ2v) is 6.67. The number of unbranched alkanes of at least 4 members (excludes halogenated alkanes) is 1. The standard InChI is InChI=1S/C14H24N2O2S/c1-5-6-7-11(12(17)18)15-8-10-9-19-13(16-10)14(2,3)4/h9,11,15H,5-8H2,1-4H3,(H,17,18)/t11-/m0/s1. The van der Waals surface area contributed by atoms with E-state index in [0.717, 1.165) is 23.5 Å². The lowest BCUT2D eigenvalue weighted by Crippen LogP contribution is -2.36. The van der Waals surface area contributed by atoms with Crippen LogP contribution in [0.5, 0.6) is 0 Å². The maximum atomic E-state index is 11.1. The van der Waals surface area contributed by atoms with E-state index in [-0.39, 0.29) is 5.41 Å². The van der Waals surface area contributed by atoms with Gasteiger partial charge in [-0.2, -0.15) is 0 Å². The van der Waals surface area contributed by atoms with Crippen molar-refractivity contribution in [2.75, 3.05) is 0 Å². The molecule has 0 spiro atoms. The van der Waals surface area contributed by atoms with Gasteiger partial charge in [-0.1, -0.05) is 40.5 Å². The van der Waals surface area contributed by atoms with Crippen LogP contribution in [0.15, 0.2) is 5.38 Å². The zero-order chi connectivity index (χ0) is 14.5. The lowest BCUT2D eigenvalue weighted by atomic mass is 9.98. The van der Waals surface area contributed by atoms with Crippen LogP contribution in [-0.4, -0.2) is 22.1 Å². The topological polar surface area (TPSA) is 62.2 Å². The lowest BCUT2D eigenvalue weighted by Gasteiger charge is -2.14. The predicted octanol–water partition coefficient (Wildman–Crippen LogP) is 3.17. The van der Waals surface area contributed by atoms with E-state index in [1.165, 1.54) is 0 Å². The molecular formula is C14H24N2O2S. The summed E-state index contributed by atoms with van der Waals surface area (Å²) >= 11 is 1.64. The number of rotatable bonds is 7. The summed E-state index contributed by atoms with van der Waals surface area (Å²) < 4.78 is 0. The highest BCUT2D eigenvalue weighted by atomic mass is 32.1. The fraction of sp³-hybridized carbons (Fsp3) is 0.714. The molecule has 108 valence electrons. The fourth-order valence-corrected chi connectivity index (χ4v) is 2.59. The molecule has 0 fully saturated rings. The van der Waals surface area contributed by atoms with Gasteiger partial charge in [0.25, 0.3) is 0 Å². The number of aliphatic carboxylic acids is 1. The van der Waals surface area contributed by atoms with E-state index in [2.05, 4.69) is 38.0 Å². The highest BCUT2D eigenvalue weighted by Crippen LogP contribution is 2.25. The van der Waals surface area contributed by atoms with Gasteiger partial charge in [0.2, 0.25) is 0 Å². The Kier molecular flexibility index (Phi) is 5.94. The summed E-state index contributed by atoms with van der Waals surface area (Å²) in [4.78, 5) is 15.7. The molecule has 0 radical (unpaired) electrons. The van der Waals surface area contributed by atoms with Crippen molar-refractivity contribution in [2.24, 2.45) is 0 Å². The van der Waals surface area contributed by atoms with Crippen molar-refractivity contribution >= 4 is 17.3 Å². The van der Waals surface area contributed by atoms with Crippen molar-refractivity contribution in [3.8, 4) is 0 Å². The van der Waals surface area contributed by atoms with Gasteiger partial charge >= 0.3 is 5.97 Å². The maximum absolute atomic E-state index is 11.1. The SMILES string of the molecule is CCCC[C@H](NCc1csc(C(C)(C)C)n1)C(=O)O. The van der Waals surface area contributed by atoms with Gasteiger partial charge in [0, 0.05) is 17.3 Å². The summed E-state index contributed by atoms with van der Waals surface area (Å²) in [5.41, 5.74) is 0.981. The van der Waals surface area contributed by atoms with E-state index in [9.17, 15) is 4.79 Å². The number of thiazole rings is 1. The molecule has 2 N–H and O–H groups in total. The average molecular weight is 284 g/mol. The molecule has 0 unspecified atom stereocenters. The molecule has 1 heterocycles. The normalized spacial score (nSPS) is 13.5. The number of nitrogens with one attached hydrogen (secondary N) is 1. The van der Waals surface area contributed by atoms with Crippen LogP contribution < -0.4 is 5.32 Å². The number of aromatic nitrogens is 1. The zero-order valence-corrected chi connectivity index (χ0v) is 13.0. The first-order valence-corrected chi connectivity index (χ1v) is 7.63. The summed E-state index contributed by atoms with van der Waals surface area (Å²) in [5.74, 6) is -0.778. The summed E-state index contributed by atoms with van der Waals surface area (Å²) in [6.07, 6.45) is 2.60. The minimum absolute atomic E-state index is 0.0529. The van der Waals surface area contributed by atoms with E-state index in [0.29, 0.717) is 13.0 Å². The third-order valence-electron chi connectivity index (χ3n) is 2.87. The molecule has 19 heavy (non-hydrogen) atoms. The van der Waals surface area contributed by atoms with Crippen molar-refractivity contribution in [3.63, 3.8) is 0 Å². The second-order valence-electron chi connectivity index (χ2n) is 5.81. The number of carboxylic acids is 1. The van der Waals surface area contributed by atoms with Crippen LogP contribution >= 0.6 is 11.3 Å². The molecule has 0 aliphatic rings. The summed E-state index contributed by atoms with van der Waals surface area (Å²) in [5, 5.41) is 15.3. The van der Waals surface area contributed by atoms with Gasteiger partial charge in [0.15, 0.2) is 0 Å². The highest BCUT2D eigenvalue weighted by Gasteiger charge is 2.19. The molecule has 1 aromatic rings. The Labute approximate surface area is 119 Å². The van der Waals surface area contributed by atoms with Crippen LogP contribution in [0.3, 0.4) is 0 Å². The zero-order valence-electron chi connectivity index (χ0n) is 12.2. The van der Waals surface area contributed by atoms with Crippen molar-refractivity contribution in [1.82, 2.24) is 10.3 Å². The van der Waals surface area contributed by atoms with Gasteiger partial charge in [0.1, 0.15) is 6.04 Å². The quantitative estimate of drug-likeness (QED) is 0.807. The molecule has 5 heteroatoms. The van der Waals surface area contributed by atoms with Gasteiger partial charge in [0.05, 0.1) is 10.7 Å². The van der Waals surface area contributed by atoms with Crippen LogP contribution in [0.2, 0.25) is 0 Å². The first kappa shape index (κ1) is 16.1. The van der Waals surface area contributed by atoms with E-state index in [1.807, 2.05) is 5.38 Å². The van der Waals surface area contributed by atoms with Gasteiger partial charge < -0.3 is 5.11 Å². The molecular weight excluding hydrogens is 260 g/mol. The summed E-state index contributed by atoms with van der Waals surface area (Å²) in [7, 11) is 0. The molecule has 1 rings (SSSR count). The van der Waals surface area contributed by atoms with Crippen molar-refractivity contribution < 1.29 is 9.90 Å². The Morgan fingerprint density at radius 1 is 1.53 bits per heavy atom. The fourth-order valence-electron chi connectivity index (χ4n) is 1.68. The average Bonchev–Trinajstić information content (AvgIpc) is 2.77. The summed E-state index contributed by atoms with van der Waals surface area (Å²) in [6, 6.07) is -0.472. The number of carbonyl (C=O) groups is 1. The number of nitrogens with zero attached hydrogens (tertiary/aromatic N) is 1. The van der Waals surface area contributed by atoms with Crippen LogP contribution in [0.1, 0.15) is 57.7 Å². The molecule has 0 aliphatic heterocycles. The predicted molar refractivity (Wildman–Crippen MR) is 78.6 cm³/mol. The van der Waals surface area contributed by atoms with Gasteiger partial charge in [-0.05, 0) is 6.42 Å².